The zero-order chi connectivity index (χ0) is 6.04. The van der Waals surface area contributed by atoms with Gasteiger partial charge in [-0.3, -0.25) is 0 Å². The summed E-state index contributed by atoms with van der Waals surface area (Å²) in [4.78, 5) is 0. The molecule has 1 saturated carbocycles. The molecule has 1 aliphatic rings. The second kappa shape index (κ2) is 2.06. The van der Waals surface area contributed by atoms with Gasteiger partial charge < -0.3 is 5.11 Å². The molecule has 0 aromatic heterocycles. The molecule has 0 aromatic rings. The van der Waals surface area contributed by atoms with Gasteiger partial charge in [-0.15, -0.1) is 0 Å². The minimum absolute atomic E-state index is 0.477. The summed E-state index contributed by atoms with van der Waals surface area (Å²) in [5.74, 6) is 0. The fourth-order valence-corrected chi connectivity index (χ4v) is 0.951. The molecule has 1 rings (SSSR count). The van der Waals surface area contributed by atoms with Gasteiger partial charge in [0, 0.05) is 0 Å². The molecule has 2 radical (unpaired) electrons. The molecule has 1 fully saturated rings. The van der Waals surface area contributed by atoms with Crippen LogP contribution in [0.25, 0.3) is 0 Å². The first kappa shape index (κ1) is 6.09. The minimum atomic E-state index is -0.477. The molecule has 1 heteroatoms. The molecule has 0 bridgehead atoms. The molecule has 1 unspecified atom stereocenters. The van der Waals surface area contributed by atoms with Crippen LogP contribution in [-0.2, 0) is 0 Å². The second-order valence-corrected chi connectivity index (χ2v) is 2.62. The largest absolute Gasteiger partial charge is 0.390 e. The van der Waals surface area contributed by atoms with Crippen molar-refractivity contribution in [1.29, 1.82) is 0 Å². The average molecular weight is 112 g/mol. The third kappa shape index (κ3) is 1.48. The van der Waals surface area contributed by atoms with Crippen LogP contribution >= 0.6 is 0 Å². The molecule has 8 heavy (non-hydrogen) atoms. The molecule has 0 spiro atoms. The lowest BCUT2D eigenvalue weighted by molar-refractivity contribution is 0.0742. The lowest BCUT2D eigenvalue weighted by Crippen LogP contribution is -2.27. The minimum Gasteiger partial charge on any atom is -0.390 e. The van der Waals surface area contributed by atoms with Crippen LogP contribution < -0.4 is 0 Å². The van der Waals surface area contributed by atoms with Gasteiger partial charge in [-0.2, -0.15) is 0 Å². The second-order valence-electron chi connectivity index (χ2n) is 2.62. The van der Waals surface area contributed by atoms with E-state index in [0.29, 0.717) is 0 Å². The molecule has 0 aromatic carbocycles. The highest BCUT2D eigenvalue weighted by Crippen LogP contribution is 2.24. The highest BCUT2D eigenvalue weighted by atomic mass is 16.3. The van der Waals surface area contributed by atoms with Crippen molar-refractivity contribution in [1.82, 2.24) is 0 Å². The van der Waals surface area contributed by atoms with E-state index in [0.717, 1.165) is 19.3 Å². The maximum absolute atomic E-state index is 9.30. The third-order valence-electron chi connectivity index (χ3n) is 1.58. The SMILES string of the molecule is CC1(O)[CH]C[CH]CC1. The first-order chi connectivity index (χ1) is 3.71. The van der Waals surface area contributed by atoms with Crippen molar-refractivity contribution >= 4 is 0 Å². The molecule has 1 aliphatic carbocycles. The molecular weight excluding hydrogens is 100 g/mol. The predicted octanol–water partition coefficient (Wildman–Crippen LogP) is 1.33. The lowest BCUT2D eigenvalue weighted by atomic mass is 9.87. The van der Waals surface area contributed by atoms with Crippen molar-refractivity contribution in [2.45, 2.75) is 31.8 Å². The van der Waals surface area contributed by atoms with E-state index in [2.05, 4.69) is 6.42 Å². The van der Waals surface area contributed by atoms with Crippen LogP contribution in [0.1, 0.15) is 26.2 Å². The van der Waals surface area contributed by atoms with Gasteiger partial charge in [-0.1, -0.05) is 0 Å². The maximum Gasteiger partial charge on any atom is 0.0651 e. The Morgan fingerprint density at radius 2 is 2.38 bits per heavy atom. The van der Waals surface area contributed by atoms with Gasteiger partial charge in [-0.05, 0) is 39.0 Å². The van der Waals surface area contributed by atoms with Crippen LogP contribution in [0.15, 0.2) is 0 Å². The van der Waals surface area contributed by atoms with E-state index >= 15 is 0 Å². The molecule has 0 aliphatic heterocycles. The van der Waals surface area contributed by atoms with Crippen LogP contribution in [0.2, 0.25) is 0 Å². The van der Waals surface area contributed by atoms with Gasteiger partial charge in [0.25, 0.3) is 0 Å². The van der Waals surface area contributed by atoms with E-state index < -0.39 is 5.60 Å². The topological polar surface area (TPSA) is 20.2 Å². The Labute approximate surface area is 50.7 Å². The van der Waals surface area contributed by atoms with E-state index in [1.807, 2.05) is 13.3 Å². The van der Waals surface area contributed by atoms with Gasteiger partial charge in [0.05, 0.1) is 5.60 Å². The zero-order valence-corrected chi connectivity index (χ0v) is 5.22. The number of rotatable bonds is 0. The quantitative estimate of drug-likeness (QED) is 0.501. The molecule has 0 saturated heterocycles. The van der Waals surface area contributed by atoms with E-state index in [9.17, 15) is 5.11 Å². The first-order valence-corrected chi connectivity index (χ1v) is 3.09. The summed E-state index contributed by atoms with van der Waals surface area (Å²) in [6.45, 7) is 1.86. The molecule has 46 valence electrons. The summed E-state index contributed by atoms with van der Waals surface area (Å²) in [6.07, 6.45) is 7.07. The van der Waals surface area contributed by atoms with Crippen LogP contribution in [-0.4, -0.2) is 10.7 Å². The number of hydrogen-bond donors (Lipinski definition) is 1. The standard InChI is InChI=1S/C7H12O/c1-7(8)5-3-2-4-6-7/h2,5,8H,3-4,6H2,1H3. The highest BCUT2D eigenvalue weighted by molar-refractivity contribution is 4.98. The lowest BCUT2D eigenvalue weighted by Gasteiger charge is -2.26. The van der Waals surface area contributed by atoms with Crippen molar-refractivity contribution < 1.29 is 5.11 Å². The van der Waals surface area contributed by atoms with Gasteiger partial charge in [-0.25, -0.2) is 0 Å². The Balaban J connectivity index is 2.33. The van der Waals surface area contributed by atoms with Crippen molar-refractivity contribution in [2.24, 2.45) is 0 Å². The number of hydrogen-bond acceptors (Lipinski definition) is 1. The normalized spacial score (nSPS) is 27.8. The molecule has 1 atom stereocenters. The summed E-state index contributed by atoms with van der Waals surface area (Å²) in [5.41, 5.74) is -0.477. The van der Waals surface area contributed by atoms with Gasteiger partial charge >= 0.3 is 0 Å². The molecular formula is C7H12O. The summed E-state index contributed by atoms with van der Waals surface area (Å²) >= 11 is 0. The Bertz CT molecular complexity index is 68.5. The smallest absolute Gasteiger partial charge is 0.0651 e. The van der Waals surface area contributed by atoms with Crippen molar-refractivity contribution in [2.75, 3.05) is 0 Å². The maximum atomic E-state index is 9.30. The van der Waals surface area contributed by atoms with Crippen LogP contribution in [0.4, 0.5) is 0 Å². The zero-order valence-electron chi connectivity index (χ0n) is 5.22. The summed E-state index contributed by atoms with van der Waals surface area (Å²) < 4.78 is 0. The van der Waals surface area contributed by atoms with E-state index in [1.165, 1.54) is 0 Å². The Morgan fingerprint density at radius 1 is 1.62 bits per heavy atom. The highest BCUT2D eigenvalue weighted by Gasteiger charge is 2.22. The Kier molecular flexibility index (Phi) is 1.57. The fourth-order valence-electron chi connectivity index (χ4n) is 0.951. The average Bonchev–Trinajstić information content (AvgIpc) is 1.65. The van der Waals surface area contributed by atoms with Crippen LogP contribution in [0.5, 0.6) is 0 Å². The van der Waals surface area contributed by atoms with Gasteiger partial charge in [0.1, 0.15) is 0 Å². The van der Waals surface area contributed by atoms with Crippen molar-refractivity contribution in [3.63, 3.8) is 0 Å². The third-order valence-corrected chi connectivity index (χ3v) is 1.58. The Morgan fingerprint density at radius 3 is 2.62 bits per heavy atom. The predicted molar refractivity (Wildman–Crippen MR) is 33.1 cm³/mol. The van der Waals surface area contributed by atoms with E-state index in [-0.39, 0.29) is 0 Å². The fraction of sp³-hybridized carbons (Fsp3) is 0.714. The molecule has 1 nitrogen and oxygen atoms in total. The Hall–Kier alpha value is -0.0400. The van der Waals surface area contributed by atoms with Gasteiger partial charge in [0.2, 0.25) is 0 Å². The van der Waals surface area contributed by atoms with Gasteiger partial charge in [0.15, 0.2) is 0 Å². The van der Waals surface area contributed by atoms with Crippen LogP contribution in [0, 0.1) is 12.8 Å². The van der Waals surface area contributed by atoms with Crippen molar-refractivity contribution in [3.8, 4) is 0 Å². The van der Waals surface area contributed by atoms with E-state index in [4.69, 9.17) is 0 Å². The monoisotopic (exact) mass is 112 g/mol. The van der Waals surface area contributed by atoms with Crippen LogP contribution in [0.3, 0.4) is 0 Å². The van der Waals surface area contributed by atoms with Crippen molar-refractivity contribution in [3.05, 3.63) is 12.8 Å². The summed E-state index contributed by atoms with van der Waals surface area (Å²) in [7, 11) is 0. The van der Waals surface area contributed by atoms with E-state index in [1.54, 1.807) is 0 Å². The number of aliphatic hydroxyl groups is 1. The first-order valence-electron chi connectivity index (χ1n) is 3.09. The molecule has 0 amide bonds. The molecule has 1 N–H and O–H groups in total. The summed E-state index contributed by atoms with van der Waals surface area (Å²) in [6, 6.07) is 0. The molecule has 0 heterocycles. The summed E-state index contributed by atoms with van der Waals surface area (Å²) in [5, 5.41) is 9.30.